The molecular weight excluding hydrogens is 182 g/mol. The van der Waals surface area contributed by atoms with E-state index in [1.54, 1.807) is 7.11 Å². The summed E-state index contributed by atoms with van der Waals surface area (Å²) in [6.45, 7) is 0.903. The number of nitrogens with zero attached hydrogens (tertiary/aromatic N) is 1. The van der Waals surface area contributed by atoms with Gasteiger partial charge in [0.05, 0.1) is 7.11 Å². The molecule has 0 radical (unpaired) electrons. The first kappa shape index (κ1) is 10.4. The number of thiol groups is 1. The Balaban J connectivity index is 2.66. The Morgan fingerprint density at radius 1 is 1.46 bits per heavy atom. The third kappa shape index (κ3) is 3.28. The van der Waals surface area contributed by atoms with Crippen LogP contribution in [0.25, 0.3) is 0 Å². The van der Waals surface area contributed by atoms with E-state index in [-0.39, 0.29) is 0 Å². The number of rotatable bonds is 4. The molecule has 0 amide bonds. The Morgan fingerprint density at radius 2 is 2.23 bits per heavy atom. The lowest BCUT2D eigenvalue weighted by atomic mass is 10.2. The van der Waals surface area contributed by atoms with Crippen LogP contribution in [-0.2, 0) is 6.54 Å². The first-order valence-corrected chi connectivity index (χ1v) is 4.82. The van der Waals surface area contributed by atoms with E-state index >= 15 is 0 Å². The lowest BCUT2D eigenvalue weighted by Crippen LogP contribution is -2.15. The zero-order chi connectivity index (χ0) is 9.68. The van der Waals surface area contributed by atoms with Gasteiger partial charge in [-0.05, 0) is 24.7 Å². The minimum Gasteiger partial charge on any atom is -0.497 e. The van der Waals surface area contributed by atoms with Crippen LogP contribution in [0.1, 0.15) is 5.56 Å². The van der Waals surface area contributed by atoms with Crippen LogP contribution in [0.3, 0.4) is 0 Å². The number of ether oxygens (including phenoxy) is 1. The Kier molecular flexibility index (Phi) is 4.12. The molecule has 0 saturated carbocycles. The summed E-state index contributed by atoms with van der Waals surface area (Å²) in [4.78, 5) is 2.12. The quantitative estimate of drug-likeness (QED) is 0.585. The molecule has 0 fully saturated rings. The molecule has 0 aromatic heterocycles. The van der Waals surface area contributed by atoms with E-state index in [1.165, 1.54) is 5.56 Å². The molecular formula is C10H15NOS. The first-order chi connectivity index (χ1) is 6.26. The second-order valence-electron chi connectivity index (χ2n) is 3.01. The molecule has 0 heterocycles. The summed E-state index contributed by atoms with van der Waals surface area (Å²) < 4.78 is 5.13. The van der Waals surface area contributed by atoms with Gasteiger partial charge in [0.25, 0.3) is 0 Å². The SMILES string of the molecule is COc1cccc(CN(C)CS)c1. The van der Waals surface area contributed by atoms with Crippen LogP contribution in [0, 0.1) is 0 Å². The maximum absolute atomic E-state index is 5.13. The van der Waals surface area contributed by atoms with Gasteiger partial charge in [-0.15, -0.1) is 0 Å². The van der Waals surface area contributed by atoms with Crippen molar-refractivity contribution in [2.75, 3.05) is 20.0 Å². The Labute approximate surface area is 84.9 Å². The van der Waals surface area contributed by atoms with Gasteiger partial charge in [-0.2, -0.15) is 12.6 Å². The highest BCUT2D eigenvalue weighted by Gasteiger charge is 1.98. The molecule has 0 aliphatic rings. The van der Waals surface area contributed by atoms with Gasteiger partial charge in [0.15, 0.2) is 0 Å². The molecule has 0 aliphatic heterocycles. The molecule has 0 spiro atoms. The van der Waals surface area contributed by atoms with Crippen molar-refractivity contribution in [1.29, 1.82) is 0 Å². The predicted molar refractivity (Wildman–Crippen MR) is 58.3 cm³/mol. The fraction of sp³-hybridized carbons (Fsp3) is 0.400. The van der Waals surface area contributed by atoms with Crippen molar-refractivity contribution in [3.63, 3.8) is 0 Å². The van der Waals surface area contributed by atoms with Gasteiger partial charge < -0.3 is 4.74 Å². The smallest absolute Gasteiger partial charge is 0.119 e. The van der Waals surface area contributed by atoms with E-state index in [9.17, 15) is 0 Å². The molecule has 2 nitrogen and oxygen atoms in total. The van der Waals surface area contributed by atoms with Gasteiger partial charge in [0, 0.05) is 12.4 Å². The Hall–Kier alpha value is -0.670. The van der Waals surface area contributed by atoms with Crippen molar-refractivity contribution in [2.24, 2.45) is 0 Å². The van der Waals surface area contributed by atoms with Crippen LogP contribution in [0.5, 0.6) is 5.75 Å². The van der Waals surface area contributed by atoms with Crippen LogP contribution in [0.15, 0.2) is 24.3 Å². The fourth-order valence-electron chi connectivity index (χ4n) is 1.13. The van der Waals surface area contributed by atoms with E-state index < -0.39 is 0 Å². The van der Waals surface area contributed by atoms with Crippen LogP contribution >= 0.6 is 12.6 Å². The molecule has 3 heteroatoms. The fourth-order valence-corrected chi connectivity index (χ4v) is 1.23. The van der Waals surface area contributed by atoms with Crippen LogP contribution in [0.2, 0.25) is 0 Å². The van der Waals surface area contributed by atoms with Crippen molar-refractivity contribution >= 4 is 12.6 Å². The van der Waals surface area contributed by atoms with Gasteiger partial charge in [0.1, 0.15) is 5.75 Å². The highest BCUT2D eigenvalue weighted by Crippen LogP contribution is 2.13. The summed E-state index contributed by atoms with van der Waals surface area (Å²) in [5.74, 6) is 1.67. The number of benzene rings is 1. The monoisotopic (exact) mass is 197 g/mol. The normalized spacial score (nSPS) is 10.5. The molecule has 1 aromatic rings. The summed E-state index contributed by atoms with van der Waals surface area (Å²) in [6, 6.07) is 8.08. The van der Waals surface area contributed by atoms with Crippen LogP contribution < -0.4 is 4.74 Å². The minimum atomic E-state index is 0.761. The third-order valence-corrected chi connectivity index (χ3v) is 2.31. The maximum atomic E-state index is 5.13. The molecule has 1 rings (SSSR count). The molecule has 13 heavy (non-hydrogen) atoms. The zero-order valence-corrected chi connectivity index (χ0v) is 8.92. The van der Waals surface area contributed by atoms with E-state index in [4.69, 9.17) is 4.74 Å². The summed E-state index contributed by atoms with van der Waals surface area (Å²) >= 11 is 4.19. The average molecular weight is 197 g/mol. The summed E-state index contributed by atoms with van der Waals surface area (Å²) in [7, 11) is 3.72. The van der Waals surface area contributed by atoms with E-state index in [2.05, 4.69) is 23.6 Å². The molecule has 0 aliphatic carbocycles. The van der Waals surface area contributed by atoms with Gasteiger partial charge in [0.2, 0.25) is 0 Å². The summed E-state index contributed by atoms with van der Waals surface area (Å²) in [5, 5.41) is 0. The molecule has 0 unspecified atom stereocenters. The molecule has 72 valence electrons. The zero-order valence-electron chi connectivity index (χ0n) is 8.03. The van der Waals surface area contributed by atoms with Gasteiger partial charge >= 0.3 is 0 Å². The second-order valence-corrected chi connectivity index (χ2v) is 3.29. The van der Waals surface area contributed by atoms with Crippen molar-refractivity contribution < 1.29 is 4.74 Å². The largest absolute Gasteiger partial charge is 0.497 e. The number of hydrogen-bond donors (Lipinski definition) is 1. The summed E-state index contributed by atoms with van der Waals surface area (Å²) in [5.41, 5.74) is 1.25. The van der Waals surface area contributed by atoms with E-state index in [1.807, 2.05) is 25.2 Å². The van der Waals surface area contributed by atoms with E-state index in [0.29, 0.717) is 0 Å². The van der Waals surface area contributed by atoms with Crippen molar-refractivity contribution in [1.82, 2.24) is 4.90 Å². The lowest BCUT2D eigenvalue weighted by Gasteiger charge is -2.13. The summed E-state index contributed by atoms with van der Waals surface area (Å²) in [6.07, 6.45) is 0. The first-order valence-electron chi connectivity index (χ1n) is 4.18. The van der Waals surface area contributed by atoms with E-state index in [0.717, 1.165) is 18.2 Å². The third-order valence-electron chi connectivity index (χ3n) is 1.83. The lowest BCUT2D eigenvalue weighted by molar-refractivity contribution is 0.383. The van der Waals surface area contributed by atoms with Crippen LogP contribution in [0.4, 0.5) is 0 Å². The highest BCUT2D eigenvalue weighted by atomic mass is 32.1. The van der Waals surface area contributed by atoms with Gasteiger partial charge in [-0.25, -0.2) is 0 Å². The average Bonchev–Trinajstić information content (AvgIpc) is 2.18. The van der Waals surface area contributed by atoms with Crippen molar-refractivity contribution in [3.05, 3.63) is 29.8 Å². The predicted octanol–water partition coefficient (Wildman–Crippen LogP) is 2.01. The van der Waals surface area contributed by atoms with Crippen LogP contribution in [-0.4, -0.2) is 24.9 Å². The second kappa shape index (κ2) is 5.14. The van der Waals surface area contributed by atoms with Crippen molar-refractivity contribution in [2.45, 2.75) is 6.54 Å². The van der Waals surface area contributed by atoms with Gasteiger partial charge in [-0.1, -0.05) is 12.1 Å². The van der Waals surface area contributed by atoms with Crippen molar-refractivity contribution in [3.8, 4) is 5.75 Å². The standard InChI is InChI=1S/C10H15NOS/c1-11(8-13)7-9-4-3-5-10(6-9)12-2/h3-6,13H,7-8H2,1-2H3. The Bertz CT molecular complexity index is 265. The molecule has 0 bridgehead atoms. The topological polar surface area (TPSA) is 12.5 Å². The maximum Gasteiger partial charge on any atom is 0.119 e. The minimum absolute atomic E-state index is 0.761. The molecule has 1 aromatic carbocycles. The van der Waals surface area contributed by atoms with Gasteiger partial charge in [-0.3, -0.25) is 4.90 Å². The molecule has 0 atom stereocenters. The molecule has 0 saturated heterocycles. The Morgan fingerprint density at radius 3 is 2.85 bits per heavy atom. The highest BCUT2D eigenvalue weighted by molar-refractivity contribution is 7.80. The number of methoxy groups -OCH3 is 1. The number of hydrogen-bond acceptors (Lipinski definition) is 3. The molecule has 0 N–H and O–H groups in total.